The highest BCUT2D eigenvalue weighted by molar-refractivity contribution is 5.81. The van der Waals surface area contributed by atoms with Gasteiger partial charge in [0.2, 0.25) is 5.91 Å². The minimum atomic E-state index is 0.0811. The lowest BCUT2D eigenvalue weighted by Crippen LogP contribution is -2.36. The van der Waals surface area contributed by atoms with Crippen molar-refractivity contribution >= 4 is 11.6 Å². The van der Waals surface area contributed by atoms with Crippen LogP contribution in [0.15, 0.2) is 36.4 Å². The SMILES string of the molecule is C=C(C)CN(CC)C(=O)CNc1cccc(OC2CCCC2)c1. The Bertz CT molecular complexity index is 536. The first-order chi connectivity index (χ1) is 11.1. The third kappa shape index (κ3) is 5.62. The second-order valence-corrected chi connectivity index (χ2v) is 6.27. The zero-order valence-electron chi connectivity index (χ0n) is 14.3. The van der Waals surface area contributed by atoms with Gasteiger partial charge in [0.25, 0.3) is 0 Å². The number of rotatable bonds is 8. The standard InChI is InChI=1S/C19H28N2O2/c1-4-21(14-15(2)3)19(22)13-20-16-8-7-11-18(12-16)23-17-9-5-6-10-17/h7-8,11-12,17,20H,2,4-6,9-10,13-14H2,1,3H3. The molecule has 0 radical (unpaired) electrons. The van der Waals surface area contributed by atoms with Gasteiger partial charge in [0.15, 0.2) is 0 Å². The Morgan fingerprint density at radius 1 is 1.39 bits per heavy atom. The monoisotopic (exact) mass is 316 g/mol. The summed E-state index contributed by atoms with van der Waals surface area (Å²) in [6, 6.07) is 7.87. The molecule has 126 valence electrons. The number of likely N-dealkylation sites (N-methyl/N-ethyl adjacent to an activating group) is 1. The fourth-order valence-corrected chi connectivity index (χ4v) is 2.87. The van der Waals surface area contributed by atoms with Crippen molar-refractivity contribution in [2.45, 2.75) is 45.6 Å². The van der Waals surface area contributed by atoms with Crippen molar-refractivity contribution in [1.82, 2.24) is 4.90 Å². The van der Waals surface area contributed by atoms with Gasteiger partial charge in [-0.15, -0.1) is 0 Å². The van der Waals surface area contributed by atoms with E-state index in [0.29, 0.717) is 19.2 Å². The minimum Gasteiger partial charge on any atom is -0.490 e. The number of nitrogens with one attached hydrogen (secondary N) is 1. The molecule has 1 saturated carbocycles. The Morgan fingerprint density at radius 2 is 2.13 bits per heavy atom. The first-order valence-electron chi connectivity index (χ1n) is 8.51. The molecule has 0 spiro atoms. The molecule has 1 aliphatic carbocycles. The van der Waals surface area contributed by atoms with Crippen LogP contribution in [-0.4, -0.2) is 36.5 Å². The van der Waals surface area contributed by atoms with E-state index in [1.54, 1.807) is 4.90 Å². The van der Waals surface area contributed by atoms with Gasteiger partial charge in [-0.3, -0.25) is 4.79 Å². The van der Waals surface area contributed by atoms with Crippen LogP contribution in [0.3, 0.4) is 0 Å². The van der Waals surface area contributed by atoms with E-state index in [0.717, 1.165) is 29.9 Å². The summed E-state index contributed by atoms with van der Waals surface area (Å²) in [5.41, 5.74) is 1.91. The van der Waals surface area contributed by atoms with Crippen molar-refractivity contribution < 1.29 is 9.53 Å². The maximum atomic E-state index is 12.2. The van der Waals surface area contributed by atoms with Gasteiger partial charge in [-0.2, -0.15) is 0 Å². The van der Waals surface area contributed by atoms with E-state index in [1.807, 2.05) is 38.1 Å². The quantitative estimate of drug-likeness (QED) is 0.741. The van der Waals surface area contributed by atoms with Crippen LogP contribution in [0.2, 0.25) is 0 Å². The Kier molecular flexibility index (Phi) is 6.51. The molecule has 23 heavy (non-hydrogen) atoms. The molecule has 0 unspecified atom stereocenters. The number of hydrogen-bond acceptors (Lipinski definition) is 3. The average molecular weight is 316 g/mol. The summed E-state index contributed by atoms with van der Waals surface area (Å²) in [7, 11) is 0. The van der Waals surface area contributed by atoms with E-state index in [1.165, 1.54) is 12.8 Å². The van der Waals surface area contributed by atoms with Crippen LogP contribution in [0.5, 0.6) is 5.75 Å². The number of ether oxygens (including phenoxy) is 1. The van der Waals surface area contributed by atoms with E-state index in [9.17, 15) is 4.79 Å². The lowest BCUT2D eigenvalue weighted by molar-refractivity contribution is -0.128. The molecule has 0 aliphatic heterocycles. The van der Waals surface area contributed by atoms with Crippen molar-refractivity contribution in [2.24, 2.45) is 0 Å². The molecule has 4 nitrogen and oxygen atoms in total. The summed E-state index contributed by atoms with van der Waals surface area (Å²) in [5, 5.41) is 3.20. The molecular weight excluding hydrogens is 288 g/mol. The molecule has 0 atom stereocenters. The smallest absolute Gasteiger partial charge is 0.242 e. The summed E-state index contributed by atoms with van der Waals surface area (Å²) >= 11 is 0. The van der Waals surface area contributed by atoms with E-state index in [4.69, 9.17) is 4.74 Å². The summed E-state index contributed by atoms with van der Waals surface area (Å²) in [5.74, 6) is 0.959. The lowest BCUT2D eigenvalue weighted by atomic mass is 10.2. The van der Waals surface area contributed by atoms with Gasteiger partial charge in [-0.05, 0) is 51.7 Å². The molecule has 4 heteroatoms. The summed E-state index contributed by atoms with van der Waals surface area (Å²) < 4.78 is 6.00. The van der Waals surface area contributed by atoms with Gasteiger partial charge in [-0.25, -0.2) is 0 Å². The summed E-state index contributed by atoms with van der Waals surface area (Å²) in [6.07, 6.45) is 5.14. The Balaban J connectivity index is 1.87. The van der Waals surface area contributed by atoms with Crippen LogP contribution >= 0.6 is 0 Å². The topological polar surface area (TPSA) is 41.6 Å². The largest absolute Gasteiger partial charge is 0.490 e. The van der Waals surface area contributed by atoms with Crippen LogP contribution in [0.4, 0.5) is 5.69 Å². The maximum absolute atomic E-state index is 12.2. The highest BCUT2D eigenvalue weighted by Gasteiger charge is 2.16. The third-order valence-electron chi connectivity index (χ3n) is 4.08. The molecule has 1 aromatic rings. The van der Waals surface area contributed by atoms with Gasteiger partial charge in [-0.1, -0.05) is 18.2 Å². The average Bonchev–Trinajstić information content (AvgIpc) is 3.03. The van der Waals surface area contributed by atoms with Crippen LogP contribution in [-0.2, 0) is 4.79 Å². The highest BCUT2D eigenvalue weighted by atomic mass is 16.5. The van der Waals surface area contributed by atoms with Crippen LogP contribution in [0, 0.1) is 0 Å². The van der Waals surface area contributed by atoms with Crippen molar-refractivity contribution in [3.8, 4) is 5.75 Å². The number of carbonyl (C=O) groups is 1. The van der Waals surface area contributed by atoms with Gasteiger partial charge in [0.1, 0.15) is 5.75 Å². The van der Waals surface area contributed by atoms with Gasteiger partial charge in [0, 0.05) is 24.8 Å². The molecule has 0 aromatic heterocycles. The summed E-state index contributed by atoms with van der Waals surface area (Å²) in [4.78, 5) is 14.0. The van der Waals surface area contributed by atoms with Crippen molar-refractivity contribution in [2.75, 3.05) is 25.0 Å². The molecule has 1 fully saturated rings. The molecule has 1 amide bonds. The number of anilines is 1. The summed E-state index contributed by atoms with van der Waals surface area (Å²) in [6.45, 7) is 9.39. The molecule has 0 saturated heterocycles. The molecule has 1 aromatic carbocycles. The Hall–Kier alpha value is -1.97. The predicted molar refractivity (Wildman–Crippen MR) is 94.9 cm³/mol. The van der Waals surface area contributed by atoms with Crippen LogP contribution < -0.4 is 10.1 Å². The first-order valence-corrected chi connectivity index (χ1v) is 8.51. The van der Waals surface area contributed by atoms with Crippen molar-refractivity contribution in [1.29, 1.82) is 0 Å². The number of benzene rings is 1. The second kappa shape index (κ2) is 8.61. The molecular formula is C19H28N2O2. The Labute approximate surface area is 139 Å². The molecule has 1 N–H and O–H groups in total. The molecule has 0 bridgehead atoms. The molecule has 0 heterocycles. The normalized spacial score (nSPS) is 14.5. The Morgan fingerprint density at radius 3 is 2.78 bits per heavy atom. The van der Waals surface area contributed by atoms with E-state index < -0.39 is 0 Å². The first kappa shape index (κ1) is 17.4. The minimum absolute atomic E-state index is 0.0811. The zero-order valence-corrected chi connectivity index (χ0v) is 14.3. The highest BCUT2D eigenvalue weighted by Crippen LogP contribution is 2.25. The lowest BCUT2D eigenvalue weighted by Gasteiger charge is -2.21. The van der Waals surface area contributed by atoms with E-state index >= 15 is 0 Å². The molecule has 2 rings (SSSR count). The zero-order chi connectivity index (χ0) is 16.7. The van der Waals surface area contributed by atoms with Crippen molar-refractivity contribution in [3.63, 3.8) is 0 Å². The third-order valence-corrected chi connectivity index (χ3v) is 4.08. The van der Waals surface area contributed by atoms with Crippen LogP contribution in [0.1, 0.15) is 39.5 Å². The fourth-order valence-electron chi connectivity index (χ4n) is 2.87. The number of nitrogens with zero attached hydrogens (tertiary/aromatic N) is 1. The maximum Gasteiger partial charge on any atom is 0.242 e. The van der Waals surface area contributed by atoms with Gasteiger partial charge >= 0.3 is 0 Å². The molecule has 1 aliphatic rings. The number of amides is 1. The van der Waals surface area contributed by atoms with Gasteiger partial charge < -0.3 is 15.0 Å². The predicted octanol–water partition coefficient (Wildman–Crippen LogP) is 3.84. The van der Waals surface area contributed by atoms with E-state index in [2.05, 4.69) is 11.9 Å². The number of carbonyl (C=O) groups excluding carboxylic acids is 1. The van der Waals surface area contributed by atoms with Crippen LogP contribution in [0.25, 0.3) is 0 Å². The fraction of sp³-hybridized carbons (Fsp3) is 0.526. The van der Waals surface area contributed by atoms with Gasteiger partial charge in [0.05, 0.1) is 12.6 Å². The van der Waals surface area contributed by atoms with E-state index in [-0.39, 0.29) is 12.5 Å². The second-order valence-electron chi connectivity index (χ2n) is 6.27. The van der Waals surface area contributed by atoms with Crippen molar-refractivity contribution in [3.05, 3.63) is 36.4 Å². The number of hydrogen-bond donors (Lipinski definition) is 1.